The highest BCUT2D eigenvalue weighted by Gasteiger charge is 2.01. The van der Waals surface area contributed by atoms with Crippen LogP contribution in [0.4, 0.5) is 0 Å². The average Bonchev–Trinajstić information content (AvgIpc) is 2.19. The number of methoxy groups -OCH3 is 1. The normalized spacial score (nSPS) is 10.4. The minimum Gasteiger partial charge on any atom is -0.496 e. The van der Waals surface area contributed by atoms with Gasteiger partial charge in [-0.3, -0.25) is 0 Å². The van der Waals surface area contributed by atoms with Gasteiger partial charge in [-0.05, 0) is 18.6 Å². The van der Waals surface area contributed by atoms with Crippen molar-refractivity contribution in [3.05, 3.63) is 54.1 Å². The molecule has 0 saturated heterocycles. The van der Waals surface area contributed by atoms with E-state index in [9.17, 15) is 0 Å². The molecule has 1 heteroatoms. The lowest BCUT2D eigenvalue weighted by atomic mass is 10.1. The maximum absolute atomic E-state index is 5.26. The molecule has 0 heterocycles. The van der Waals surface area contributed by atoms with E-state index in [4.69, 9.17) is 4.74 Å². The van der Waals surface area contributed by atoms with E-state index in [0.717, 1.165) is 17.7 Å². The van der Waals surface area contributed by atoms with Gasteiger partial charge in [0.1, 0.15) is 5.75 Å². The van der Waals surface area contributed by atoms with Gasteiger partial charge in [-0.1, -0.05) is 42.5 Å². The topological polar surface area (TPSA) is 9.23 Å². The third-order valence-corrected chi connectivity index (χ3v) is 2.01. The van der Waals surface area contributed by atoms with E-state index >= 15 is 0 Å². The van der Waals surface area contributed by atoms with Crippen molar-refractivity contribution in [2.75, 3.05) is 7.11 Å². The van der Waals surface area contributed by atoms with Crippen molar-refractivity contribution in [1.29, 1.82) is 0 Å². The Morgan fingerprint density at radius 1 is 1.43 bits per heavy atom. The first kappa shape index (κ1) is 10.6. The van der Waals surface area contributed by atoms with E-state index in [-0.39, 0.29) is 0 Å². The number of hydrogen-bond acceptors (Lipinski definition) is 1. The first-order valence-electron chi connectivity index (χ1n) is 4.70. The third kappa shape index (κ3) is 2.77. The Kier molecular flexibility index (Phi) is 3.99. The lowest BCUT2D eigenvalue weighted by molar-refractivity contribution is 0.410. The SMILES string of the molecule is C=C(/C=C\C)Cc1ccccc1OC. The summed E-state index contributed by atoms with van der Waals surface area (Å²) in [6, 6.07) is 8.02. The molecule has 1 aromatic rings. The predicted molar refractivity (Wildman–Crippen MR) is 60.7 cm³/mol. The molecular formula is C13H16O. The summed E-state index contributed by atoms with van der Waals surface area (Å²) in [6.45, 7) is 5.97. The standard InChI is InChI=1S/C13H16O/c1-4-7-11(2)10-12-8-5-6-9-13(12)14-3/h4-9H,2,10H2,1,3H3/b7-4-. The van der Waals surface area contributed by atoms with Gasteiger partial charge < -0.3 is 4.74 Å². The van der Waals surface area contributed by atoms with Crippen LogP contribution in [-0.4, -0.2) is 7.11 Å². The summed E-state index contributed by atoms with van der Waals surface area (Å²) in [5, 5.41) is 0. The Bertz CT molecular complexity index is 337. The molecule has 0 saturated carbocycles. The molecule has 0 aliphatic heterocycles. The van der Waals surface area contributed by atoms with Crippen molar-refractivity contribution in [3.63, 3.8) is 0 Å². The molecule has 0 aromatic heterocycles. The molecule has 0 radical (unpaired) electrons. The fourth-order valence-corrected chi connectivity index (χ4v) is 1.39. The molecule has 74 valence electrons. The van der Waals surface area contributed by atoms with Gasteiger partial charge >= 0.3 is 0 Å². The van der Waals surface area contributed by atoms with Gasteiger partial charge in [0.05, 0.1) is 7.11 Å². The second-order valence-corrected chi connectivity index (χ2v) is 3.15. The minimum absolute atomic E-state index is 0.842. The van der Waals surface area contributed by atoms with Crippen molar-refractivity contribution >= 4 is 0 Å². The fraction of sp³-hybridized carbons (Fsp3) is 0.231. The molecule has 0 aliphatic carbocycles. The van der Waals surface area contributed by atoms with Crippen LogP contribution in [0.25, 0.3) is 0 Å². The van der Waals surface area contributed by atoms with E-state index in [1.54, 1.807) is 7.11 Å². The zero-order valence-electron chi connectivity index (χ0n) is 8.79. The van der Waals surface area contributed by atoms with Crippen LogP contribution in [0.1, 0.15) is 12.5 Å². The molecule has 0 N–H and O–H groups in total. The molecule has 0 spiro atoms. The van der Waals surface area contributed by atoms with Crippen molar-refractivity contribution in [1.82, 2.24) is 0 Å². The molecule has 1 rings (SSSR count). The Morgan fingerprint density at radius 2 is 2.14 bits per heavy atom. The van der Waals surface area contributed by atoms with Crippen LogP contribution in [0.15, 0.2) is 48.6 Å². The zero-order valence-corrected chi connectivity index (χ0v) is 8.79. The Balaban J connectivity index is 2.80. The molecule has 14 heavy (non-hydrogen) atoms. The van der Waals surface area contributed by atoms with Gasteiger partial charge in [0.2, 0.25) is 0 Å². The summed E-state index contributed by atoms with van der Waals surface area (Å²) in [7, 11) is 1.69. The Morgan fingerprint density at radius 3 is 2.79 bits per heavy atom. The largest absolute Gasteiger partial charge is 0.496 e. The van der Waals surface area contributed by atoms with Crippen molar-refractivity contribution in [2.24, 2.45) is 0 Å². The highest BCUT2D eigenvalue weighted by molar-refractivity contribution is 5.37. The number of ether oxygens (including phenoxy) is 1. The highest BCUT2D eigenvalue weighted by atomic mass is 16.5. The summed E-state index contributed by atoms with van der Waals surface area (Å²) >= 11 is 0. The van der Waals surface area contributed by atoms with Gasteiger partial charge in [-0.15, -0.1) is 0 Å². The van der Waals surface area contributed by atoms with Gasteiger partial charge in [0, 0.05) is 6.42 Å². The molecule has 0 fully saturated rings. The molecule has 0 bridgehead atoms. The van der Waals surface area contributed by atoms with Crippen LogP contribution >= 0.6 is 0 Å². The second-order valence-electron chi connectivity index (χ2n) is 3.15. The van der Waals surface area contributed by atoms with Crippen molar-refractivity contribution in [3.8, 4) is 5.75 Å². The van der Waals surface area contributed by atoms with E-state index in [0.29, 0.717) is 0 Å². The number of para-hydroxylation sites is 1. The van der Waals surface area contributed by atoms with Gasteiger partial charge in [0.25, 0.3) is 0 Å². The zero-order chi connectivity index (χ0) is 10.4. The summed E-state index contributed by atoms with van der Waals surface area (Å²) < 4.78 is 5.26. The summed E-state index contributed by atoms with van der Waals surface area (Å²) in [5.74, 6) is 0.929. The smallest absolute Gasteiger partial charge is 0.122 e. The summed E-state index contributed by atoms with van der Waals surface area (Å²) in [5.41, 5.74) is 2.27. The lowest BCUT2D eigenvalue weighted by Crippen LogP contribution is -1.92. The Hall–Kier alpha value is -1.50. The fourth-order valence-electron chi connectivity index (χ4n) is 1.39. The molecule has 0 unspecified atom stereocenters. The molecule has 1 nitrogen and oxygen atoms in total. The van der Waals surface area contributed by atoms with Crippen LogP contribution in [0.3, 0.4) is 0 Å². The lowest BCUT2D eigenvalue weighted by Gasteiger charge is -2.07. The molecule has 0 aliphatic rings. The van der Waals surface area contributed by atoms with Crippen LogP contribution in [-0.2, 0) is 6.42 Å². The van der Waals surface area contributed by atoms with E-state index in [1.807, 2.05) is 37.3 Å². The van der Waals surface area contributed by atoms with Crippen LogP contribution in [0.5, 0.6) is 5.75 Å². The van der Waals surface area contributed by atoms with Crippen LogP contribution in [0.2, 0.25) is 0 Å². The van der Waals surface area contributed by atoms with Gasteiger partial charge in [0.15, 0.2) is 0 Å². The summed E-state index contributed by atoms with van der Waals surface area (Å²) in [6.07, 6.45) is 4.86. The van der Waals surface area contributed by atoms with Crippen LogP contribution in [0, 0.1) is 0 Å². The highest BCUT2D eigenvalue weighted by Crippen LogP contribution is 2.20. The molecule has 1 aromatic carbocycles. The maximum atomic E-state index is 5.26. The van der Waals surface area contributed by atoms with Crippen molar-refractivity contribution in [2.45, 2.75) is 13.3 Å². The first-order valence-corrected chi connectivity index (χ1v) is 4.70. The molecule has 0 atom stereocenters. The van der Waals surface area contributed by atoms with Gasteiger partial charge in [-0.25, -0.2) is 0 Å². The van der Waals surface area contributed by atoms with E-state index < -0.39 is 0 Å². The minimum atomic E-state index is 0.842. The monoisotopic (exact) mass is 188 g/mol. The third-order valence-electron chi connectivity index (χ3n) is 2.01. The molecular weight excluding hydrogens is 172 g/mol. The quantitative estimate of drug-likeness (QED) is 0.658. The van der Waals surface area contributed by atoms with E-state index in [2.05, 4.69) is 12.6 Å². The van der Waals surface area contributed by atoms with Crippen molar-refractivity contribution < 1.29 is 4.74 Å². The average molecular weight is 188 g/mol. The predicted octanol–water partition coefficient (Wildman–Crippen LogP) is 3.37. The first-order chi connectivity index (χ1) is 6.77. The Labute approximate surface area is 85.7 Å². The van der Waals surface area contributed by atoms with Gasteiger partial charge in [-0.2, -0.15) is 0 Å². The number of benzene rings is 1. The van der Waals surface area contributed by atoms with Crippen LogP contribution < -0.4 is 4.74 Å². The van der Waals surface area contributed by atoms with E-state index in [1.165, 1.54) is 5.56 Å². The molecule has 0 amide bonds. The number of rotatable bonds is 4. The number of hydrogen-bond donors (Lipinski definition) is 0. The number of allylic oxidation sites excluding steroid dienone is 3. The second kappa shape index (κ2) is 5.28. The summed E-state index contributed by atoms with van der Waals surface area (Å²) in [4.78, 5) is 0. The maximum Gasteiger partial charge on any atom is 0.122 e.